The first kappa shape index (κ1) is 26.4. The van der Waals surface area contributed by atoms with E-state index in [0.29, 0.717) is 39.4 Å². The third kappa shape index (κ3) is 5.83. The van der Waals surface area contributed by atoms with Crippen molar-refractivity contribution in [3.8, 4) is 11.5 Å². The Hall–Kier alpha value is -2.66. The molecule has 0 unspecified atom stereocenters. The molecule has 1 N–H and O–H groups in total. The first-order chi connectivity index (χ1) is 17.3. The van der Waals surface area contributed by atoms with Crippen LogP contribution in [-0.2, 0) is 16.2 Å². The highest BCUT2D eigenvalue weighted by Crippen LogP contribution is 2.36. The van der Waals surface area contributed by atoms with E-state index < -0.39 is 11.8 Å². The van der Waals surface area contributed by atoms with Crippen LogP contribution >= 0.6 is 58.0 Å². The Bertz CT molecular complexity index is 1380. The van der Waals surface area contributed by atoms with Gasteiger partial charge in [-0.3, -0.25) is 19.8 Å². The van der Waals surface area contributed by atoms with Gasteiger partial charge in [0.2, 0.25) is 0 Å². The minimum Gasteiger partial charge on any atom is -0.490 e. The Labute approximate surface area is 237 Å². The maximum absolute atomic E-state index is 13.3. The zero-order chi connectivity index (χ0) is 25.8. The van der Waals surface area contributed by atoms with Crippen LogP contribution in [0.1, 0.15) is 18.1 Å². The smallest absolute Gasteiger partial charge is 0.270 e. The molecule has 36 heavy (non-hydrogen) atoms. The van der Waals surface area contributed by atoms with Gasteiger partial charge < -0.3 is 9.47 Å². The Balaban J connectivity index is 1.66. The predicted molar refractivity (Wildman–Crippen MR) is 154 cm³/mol. The van der Waals surface area contributed by atoms with Crippen molar-refractivity contribution in [1.82, 2.24) is 5.32 Å². The lowest BCUT2D eigenvalue weighted by Gasteiger charge is -2.28. The summed E-state index contributed by atoms with van der Waals surface area (Å²) < 4.78 is 12.6. The van der Waals surface area contributed by atoms with Gasteiger partial charge in [-0.15, -0.1) is 0 Å². The van der Waals surface area contributed by atoms with E-state index in [1.165, 1.54) is 11.0 Å². The van der Waals surface area contributed by atoms with E-state index >= 15 is 0 Å². The van der Waals surface area contributed by atoms with E-state index in [4.69, 9.17) is 44.9 Å². The van der Waals surface area contributed by atoms with Gasteiger partial charge in [0, 0.05) is 15.6 Å². The minimum atomic E-state index is -0.567. The lowest BCUT2D eigenvalue weighted by atomic mass is 10.1. The summed E-state index contributed by atoms with van der Waals surface area (Å²) in [5, 5.41) is 3.66. The van der Waals surface area contributed by atoms with Gasteiger partial charge in [0.05, 0.1) is 15.9 Å². The van der Waals surface area contributed by atoms with Gasteiger partial charge in [-0.1, -0.05) is 47.5 Å². The number of anilines is 1. The first-order valence-corrected chi connectivity index (χ1v) is 13.0. The Kier molecular flexibility index (Phi) is 8.50. The Morgan fingerprint density at radius 1 is 1.06 bits per heavy atom. The van der Waals surface area contributed by atoms with Gasteiger partial charge in [0.1, 0.15) is 12.2 Å². The van der Waals surface area contributed by atoms with E-state index in [9.17, 15) is 9.59 Å². The fraction of sp³-hybridized carbons (Fsp3) is 0.115. The molecule has 2 amide bonds. The second-order valence-corrected chi connectivity index (χ2v) is 9.97. The molecule has 4 rings (SSSR count). The molecule has 0 spiro atoms. The van der Waals surface area contributed by atoms with Crippen LogP contribution in [0, 0.1) is 3.57 Å². The van der Waals surface area contributed by atoms with Crippen molar-refractivity contribution in [3.63, 3.8) is 0 Å². The molecule has 1 saturated heterocycles. The predicted octanol–water partition coefficient (Wildman–Crippen LogP) is 6.41. The highest BCUT2D eigenvalue weighted by molar-refractivity contribution is 14.1. The molecule has 10 heteroatoms. The maximum atomic E-state index is 13.3. The summed E-state index contributed by atoms with van der Waals surface area (Å²) in [6.07, 6.45) is 1.51. The number of para-hydroxylation sites is 1. The molecule has 0 aliphatic carbocycles. The summed E-state index contributed by atoms with van der Waals surface area (Å²) in [6, 6.07) is 17.6. The topological polar surface area (TPSA) is 67.9 Å². The summed E-state index contributed by atoms with van der Waals surface area (Å²) >= 11 is 19.6. The third-order valence-electron chi connectivity index (χ3n) is 5.15. The number of hydrogen-bond acceptors (Lipinski definition) is 5. The summed E-state index contributed by atoms with van der Waals surface area (Å²) in [6.45, 7) is 2.45. The van der Waals surface area contributed by atoms with Crippen molar-refractivity contribution in [2.75, 3.05) is 11.5 Å². The van der Waals surface area contributed by atoms with Crippen molar-refractivity contribution in [2.45, 2.75) is 13.5 Å². The zero-order valence-corrected chi connectivity index (χ0v) is 23.4. The number of nitrogens with one attached hydrogen (secondary N) is 1. The lowest BCUT2D eigenvalue weighted by Crippen LogP contribution is -2.54. The van der Waals surface area contributed by atoms with Gasteiger partial charge in [-0.25, -0.2) is 0 Å². The van der Waals surface area contributed by atoms with Gasteiger partial charge in [0.15, 0.2) is 16.6 Å². The van der Waals surface area contributed by atoms with Crippen LogP contribution in [0.4, 0.5) is 5.69 Å². The molecule has 0 radical (unpaired) electrons. The fourth-order valence-electron chi connectivity index (χ4n) is 3.50. The molecule has 0 aromatic heterocycles. The number of nitrogens with zero attached hydrogens (tertiary/aromatic N) is 1. The standard InChI is InChI=1S/C26H19Cl2IN2O4S/c1-2-34-22-12-15(11-21(29)23(22)35-14-16-8-9-17(27)13-20(16)28)10-19-24(32)30-26(36)31(25(19)33)18-6-4-3-5-7-18/h3-13H,2,14H2,1H3,(H,30,32,36)/b19-10-. The van der Waals surface area contributed by atoms with E-state index in [-0.39, 0.29) is 17.3 Å². The molecule has 184 valence electrons. The van der Waals surface area contributed by atoms with Crippen LogP contribution in [0.2, 0.25) is 10.0 Å². The molecule has 1 aliphatic heterocycles. The van der Waals surface area contributed by atoms with Gasteiger partial charge in [0.25, 0.3) is 11.8 Å². The van der Waals surface area contributed by atoms with Gasteiger partial charge in [-0.2, -0.15) is 0 Å². The maximum Gasteiger partial charge on any atom is 0.270 e. The highest BCUT2D eigenvalue weighted by atomic mass is 127. The third-order valence-corrected chi connectivity index (χ3v) is 6.82. The number of benzene rings is 3. The van der Waals surface area contributed by atoms with Crippen molar-refractivity contribution in [3.05, 3.63) is 91.0 Å². The highest BCUT2D eigenvalue weighted by Gasteiger charge is 2.34. The number of halogens is 3. The van der Waals surface area contributed by atoms with E-state index in [2.05, 4.69) is 27.9 Å². The van der Waals surface area contributed by atoms with Crippen molar-refractivity contribution >= 4 is 86.7 Å². The van der Waals surface area contributed by atoms with E-state index in [1.807, 2.05) is 13.0 Å². The van der Waals surface area contributed by atoms with Crippen LogP contribution in [-0.4, -0.2) is 23.5 Å². The average molecular weight is 653 g/mol. The van der Waals surface area contributed by atoms with Gasteiger partial charge in [-0.05, 0) is 89.8 Å². The van der Waals surface area contributed by atoms with Crippen LogP contribution in [0.15, 0.2) is 66.2 Å². The van der Waals surface area contributed by atoms with Crippen LogP contribution in [0.5, 0.6) is 11.5 Å². The quantitative estimate of drug-likeness (QED) is 0.138. The summed E-state index contributed by atoms with van der Waals surface area (Å²) in [4.78, 5) is 27.2. The lowest BCUT2D eigenvalue weighted by molar-refractivity contribution is -0.122. The van der Waals surface area contributed by atoms with Crippen molar-refractivity contribution in [1.29, 1.82) is 0 Å². The summed E-state index contributed by atoms with van der Waals surface area (Å²) in [5.74, 6) is -0.0824. The molecule has 6 nitrogen and oxygen atoms in total. The second-order valence-electron chi connectivity index (χ2n) is 7.58. The summed E-state index contributed by atoms with van der Waals surface area (Å²) in [5.41, 5.74) is 1.88. The second kappa shape index (κ2) is 11.6. The van der Waals surface area contributed by atoms with Crippen LogP contribution in [0.25, 0.3) is 6.08 Å². The van der Waals surface area contributed by atoms with Crippen molar-refractivity contribution < 1.29 is 19.1 Å². The monoisotopic (exact) mass is 652 g/mol. The minimum absolute atomic E-state index is 0.0301. The zero-order valence-electron chi connectivity index (χ0n) is 18.9. The molecule has 0 saturated carbocycles. The number of rotatable bonds is 7. The number of hydrogen-bond donors (Lipinski definition) is 1. The molecule has 0 bridgehead atoms. The SMILES string of the molecule is CCOc1cc(/C=C2/C(=O)NC(=S)N(c3ccccc3)C2=O)cc(I)c1OCc1ccc(Cl)cc1Cl. The normalized spacial score (nSPS) is 14.7. The number of ether oxygens (including phenoxy) is 2. The van der Waals surface area contributed by atoms with Crippen LogP contribution < -0.4 is 19.7 Å². The molecular formula is C26H19Cl2IN2O4S. The Morgan fingerprint density at radius 3 is 2.50 bits per heavy atom. The number of amides is 2. The van der Waals surface area contributed by atoms with E-state index in [1.54, 1.807) is 54.6 Å². The molecule has 3 aromatic rings. The molecule has 0 atom stereocenters. The molecule has 3 aromatic carbocycles. The van der Waals surface area contributed by atoms with Crippen molar-refractivity contribution in [2.24, 2.45) is 0 Å². The Morgan fingerprint density at radius 2 is 1.81 bits per heavy atom. The first-order valence-electron chi connectivity index (χ1n) is 10.8. The number of thiocarbonyl (C=S) groups is 1. The fourth-order valence-corrected chi connectivity index (χ4v) is 5.02. The molecule has 1 aliphatic rings. The van der Waals surface area contributed by atoms with Gasteiger partial charge >= 0.3 is 0 Å². The average Bonchev–Trinajstić information content (AvgIpc) is 2.83. The summed E-state index contributed by atoms with van der Waals surface area (Å²) in [7, 11) is 0. The van der Waals surface area contributed by atoms with Crippen LogP contribution in [0.3, 0.4) is 0 Å². The molecular weight excluding hydrogens is 634 g/mol. The largest absolute Gasteiger partial charge is 0.490 e. The van der Waals surface area contributed by atoms with E-state index in [0.717, 1.165) is 9.13 Å². The molecule has 1 fully saturated rings. The number of carbonyl (C=O) groups excluding carboxylic acids is 2. The number of carbonyl (C=O) groups is 2. The molecule has 1 heterocycles.